The van der Waals surface area contributed by atoms with Crippen molar-refractivity contribution in [2.75, 3.05) is 11.1 Å². The molecule has 0 aliphatic carbocycles. The zero-order chi connectivity index (χ0) is 19.2. The molecule has 0 fully saturated rings. The van der Waals surface area contributed by atoms with Crippen LogP contribution in [0, 0.1) is 11.3 Å². The Balaban J connectivity index is 1.59. The van der Waals surface area contributed by atoms with Gasteiger partial charge in [-0.25, -0.2) is 0 Å². The van der Waals surface area contributed by atoms with Crippen molar-refractivity contribution >= 4 is 35.0 Å². The predicted molar refractivity (Wildman–Crippen MR) is 107 cm³/mol. The SMILES string of the molecule is Cn1c(SCCC(=O)Nc2ccccc2C#N)nnc1-c1ccccc1Cl. The number of hydrogen-bond donors (Lipinski definition) is 1. The maximum atomic E-state index is 12.1. The lowest BCUT2D eigenvalue weighted by Crippen LogP contribution is -2.13. The number of aromatic nitrogens is 3. The van der Waals surface area contributed by atoms with Crippen LogP contribution < -0.4 is 5.32 Å². The molecule has 0 spiro atoms. The second-order valence-corrected chi connectivity index (χ2v) is 7.12. The van der Waals surface area contributed by atoms with E-state index in [1.165, 1.54) is 11.8 Å². The molecule has 3 rings (SSSR count). The van der Waals surface area contributed by atoms with Crippen molar-refractivity contribution in [3.05, 3.63) is 59.1 Å². The van der Waals surface area contributed by atoms with Gasteiger partial charge in [-0.05, 0) is 24.3 Å². The first-order chi connectivity index (χ1) is 13.1. The number of carbonyl (C=O) groups is 1. The maximum Gasteiger partial charge on any atom is 0.225 e. The molecule has 0 saturated carbocycles. The van der Waals surface area contributed by atoms with E-state index in [1.54, 1.807) is 24.3 Å². The third-order valence-electron chi connectivity index (χ3n) is 3.83. The van der Waals surface area contributed by atoms with Crippen LogP contribution in [-0.4, -0.2) is 26.4 Å². The standard InChI is InChI=1S/C19H16ClN5OS/c1-25-18(14-7-3-4-8-15(14)20)23-24-19(25)27-11-10-17(26)22-16-9-5-2-6-13(16)12-21/h2-9H,10-11H2,1H3,(H,22,26). The normalized spacial score (nSPS) is 10.4. The lowest BCUT2D eigenvalue weighted by molar-refractivity contribution is -0.115. The molecular formula is C19H16ClN5OS. The van der Waals surface area contributed by atoms with Gasteiger partial charge in [-0.15, -0.1) is 10.2 Å². The van der Waals surface area contributed by atoms with Crippen molar-refractivity contribution in [2.24, 2.45) is 7.05 Å². The first-order valence-corrected chi connectivity index (χ1v) is 9.52. The van der Waals surface area contributed by atoms with Crippen LogP contribution in [0.3, 0.4) is 0 Å². The molecule has 136 valence electrons. The number of nitrogens with one attached hydrogen (secondary N) is 1. The van der Waals surface area contributed by atoms with Crippen molar-refractivity contribution in [2.45, 2.75) is 11.6 Å². The summed E-state index contributed by atoms with van der Waals surface area (Å²) in [5.41, 5.74) is 1.78. The molecule has 6 nitrogen and oxygen atoms in total. The number of anilines is 1. The molecule has 1 aromatic heterocycles. The number of hydrogen-bond acceptors (Lipinski definition) is 5. The van der Waals surface area contributed by atoms with Gasteiger partial charge in [0.2, 0.25) is 5.91 Å². The third kappa shape index (κ3) is 4.48. The summed E-state index contributed by atoms with van der Waals surface area (Å²) in [6.45, 7) is 0. The third-order valence-corrected chi connectivity index (χ3v) is 5.18. The fraction of sp³-hybridized carbons (Fsp3) is 0.158. The van der Waals surface area contributed by atoms with Gasteiger partial charge in [0, 0.05) is 24.8 Å². The molecule has 1 heterocycles. The number of rotatable bonds is 6. The fourth-order valence-electron chi connectivity index (χ4n) is 2.46. The summed E-state index contributed by atoms with van der Waals surface area (Å²) < 4.78 is 1.86. The van der Waals surface area contributed by atoms with E-state index in [-0.39, 0.29) is 5.91 Å². The average molecular weight is 398 g/mol. The van der Waals surface area contributed by atoms with Gasteiger partial charge in [0.25, 0.3) is 0 Å². The number of thioether (sulfide) groups is 1. The Morgan fingerprint density at radius 2 is 1.96 bits per heavy atom. The quantitative estimate of drug-likeness (QED) is 0.632. The van der Waals surface area contributed by atoms with Crippen LogP contribution in [0.5, 0.6) is 0 Å². The van der Waals surface area contributed by atoms with Crippen molar-refractivity contribution in [1.29, 1.82) is 5.26 Å². The molecular weight excluding hydrogens is 382 g/mol. The summed E-state index contributed by atoms with van der Waals surface area (Å²) in [7, 11) is 1.87. The van der Waals surface area contributed by atoms with Crippen molar-refractivity contribution in [3.8, 4) is 17.5 Å². The van der Waals surface area contributed by atoms with Crippen LogP contribution in [0.4, 0.5) is 5.69 Å². The summed E-state index contributed by atoms with van der Waals surface area (Å²) in [5.74, 6) is 1.06. The maximum absolute atomic E-state index is 12.1. The Kier molecular flexibility index (Phi) is 6.12. The Morgan fingerprint density at radius 3 is 2.74 bits per heavy atom. The molecule has 8 heteroatoms. The van der Waals surface area contributed by atoms with Crippen LogP contribution in [0.1, 0.15) is 12.0 Å². The minimum Gasteiger partial charge on any atom is -0.325 e. The smallest absolute Gasteiger partial charge is 0.225 e. The molecule has 0 bridgehead atoms. The highest BCUT2D eigenvalue weighted by atomic mass is 35.5. The predicted octanol–water partition coefficient (Wildman–Crippen LogP) is 4.13. The van der Waals surface area contributed by atoms with Gasteiger partial charge in [0.15, 0.2) is 11.0 Å². The van der Waals surface area contributed by atoms with Crippen LogP contribution in [0.15, 0.2) is 53.7 Å². The van der Waals surface area contributed by atoms with E-state index in [0.29, 0.717) is 39.4 Å². The van der Waals surface area contributed by atoms with E-state index in [1.807, 2.05) is 35.9 Å². The molecule has 0 unspecified atom stereocenters. The number of carbonyl (C=O) groups excluding carboxylic acids is 1. The summed E-state index contributed by atoms with van der Waals surface area (Å²) in [6, 6.07) is 16.4. The summed E-state index contributed by atoms with van der Waals surface area (Å²) >= 11 is 7.66. The largest absolute Gasteiger partial charge is 0.325 e. The van der Waals surface area contributed by atoms with Gasteiger partial charge in [-0.3, -0.25) is 4.79 Å². The fourth-order valence-corrected chi connectivity index (χ4v) is 3.52. The van der Waals surface area contributed by atoms with Crippen LogP contribution in [-0.2, 0) is 11.8 Å². The summed E-state index contributed by atoms with van der Waals surface area (Å²) in [6.07, 6.45) is 0.290. The Bertz CT molecular complexity index is 1010. The van der Waals surface area contributed by atoms with E-state index < -0.39 is 0 Å². The molecule has 27 heavy (non-hydrogen) atoms. The van der Waals surface area contributed by atoms with E-state index in [4.69, 9.17) is 16.9 Å². The number of nitriles is 1. The average Bonchev–Trinajstić information content (AvgIpc) is 3.03. The van der Waals surface area contributed by atoms with Gasteiger partial charge in [0.1, 0.15) is 6.07 Å². The minimum absolute atomic E-state index is 0.154. The zero-order valence-corrected chi connectivity index (χ0v) is 16.1. The number of nitrogens with zero attached hydrogens (tertiary/aromatic N) is 4. The monoisotopic (exact) mass is 397 g/mol. The zero-order valence-electron chi connectivity index (χ0n) is 14.5. The first-order valence-electron chi connectivity index (χ1n) is 8.16. The van der Waals surface area contributed by atoms with E-state index in [2.05, 4.69) is 21.6 Å². The van der Waals surface area contributed by atoms with E-state index in [0.717, 1.165) is 5.56 Å². The van der Waals surface area contributed by atoms with E-state index >= 15 is 0 Å². The number of para-hydroxylation sites is 1. The lowest BCUT2D eigenvalue weighted by atomic mass is 10.2. The molecule has 0 aliphatic heterocycles. The van der Waals surface area contributed by atoms with Gasteiger partial charge < -0.3 is 9.88 Å². The highest BCUT2D eigenvalue weighted by Gasteiger charge is 2.14. The van der Waals surface area contributed by atoms with Crippen LogP contribution >= 0.6 is 23.4 Å². The first kappa shape index (κ1) is 19.0. The number of halogens is 1. The van der Waals surface area contributed by atoms with Crippen LogP contribution in [0.2, 0.25) is 5.02 Å². The lowest BCUT2D eigenvalue weighted by Gasteiger charge is -2.07. The Labute approximate surface area is 166 Å². The van der Waals surface area contributed by atoms with Crippen LogP contribution in [0.25, 0.3) is 11.4 Å². The minimum atomic E-state index is -0.154. The highest BCUT2D eigenvalue weighted by Crippen LogP contribution is 2.28. The summed E-state index contributed by atoms with van der Waals surface area (Å²) in [4.78, 5) is 12.1. The second kappa shape index (κ2) is 8.71. The second-order valence-electron chi connectivity index (χ2n) is 5.65. The van der Waals surface area contributed by atoms with Crippen molar-refractivity contribution < 1.29 is 4.79 Å². The highest BCUT2D eigenvalue weighted by molar-refractivity contribution is 7.99. The molecule has 0 atom stereocenters. The van der Waals surface area contributed by atoms with Crippen molar-refractivity contribution in [3.63, 3.8) is 0 Å². The van der Waals surface area contributed by atoms with Gasteiger partial charge in [-0.2, -0.15) is 5.26 Å². The number of amides is 1. The topological polar surface area (TPSA) is 83.6 Å². The van der Waals surface area contributed by atoms with Gasteiger partial charge in [0.05, 0.1) is 16.3 Å². The van der Waals surface area contributed by atoms with Gasteiger partial charge in [-0.1, -0.05) is 47.6 Å². The number of benzene rings is 2. The molecule has 1 amide bonds. The molecule has 2 aromatic carbocycles. The molecule has 1 N–H and O–H groups in total. The molecule has 3 aromatic rings. The Morgan fingerprint density at radius 1 is 1.22 bits per heavy atom. The molecule has 0 saturated heterocycles. The molecule has 0 radical (unpaired) electrons. The summed E-state index contributed by atoms with van der Waals surface area (Å²) in [5, 5.41) is 21.5. The van der Waals surface area contributed by atoms with Crippen molar-refractivity contribution in [1.82, 2.24) is 14.8 Å². The van der Waals surface area contributed by atoms with E-state index in [9.17, 15) is 4.79 Å². The van der Waals surface area contributed by atoms with Gasteiger partial charge >= 0.3 is 0 Å². The molecule has 0 aliphatic rings. The Hall–Kier alpha value is -2.82.